The van der Waals surface area contributed by atoms with Crippen molar-refractivity contribution in [3.63, 3.8) is 0 Å². The van der Waals surface area contributed by atoms with Gasteiger partial charge in [0.05, 0.1) is 5.02 Å². The molecule has 5 nitrogen and oxygen atoms in total. The Labute approximate surface area is 166 Å². The highest BCUT2D eigenvalue weighted by atomic mass is 79.9. The zero-order valence-corrected chi connectivity index (χ0v) is 17.3. The number of anilines is 1. The Hall–Kier alpha value is -1.70. The van der Waals surface area contributed by atoms with E-state index < -0.39 is 0 Å². The van der Waals surface area contributed by atoms with E-state index in [2.05, 4.69) is 47.3 Å². The van der Waals surface area contributed by atoms with Crippen molar-refractivity contribution >= 4 is 55.1 Å². The Morgan fingerprint density at radius 1 is 1.20 bits per heavy atom. The number of amides is 1. The maximum absolute atomic E-state index is 12.8. The number of carbonyl (C=O) groups is 1. The molecule has 2 aromatic heterocycles. The first-order chi connectivity index (χ1) is 11.9. The summed E-state index contributed by atoms with van der Waals surface area (Å²) in [5.41, 5.74) is 3.01. The number of benzene rings is 1. The number of nitrogens with one attached hydrogen (secondary N) is 1. The quantitative estimate of drug-likeness (QED) is 0.548. The van der Waals surface area contributed by atoms with Gasteiger partial charge in [0.25, 0.3) is 5.91 Å². The molecule has 0 unspecified atom stereocenters. The van der Waals surface area contributed by atoms with Crippen molar-refractivity contribution in [1.29, 1.82) is 0 Å². The minimum Gasteiger partial charge on any atom is -0.320 e. The predicted molar refractivity (Wildman–Crippen MR) is 106 cm³/mol. The molecule has 8 heteroatoms. The first-order valence-corrected chi connectivity index (χ1v) is 9.28. The number of pyridine rings is 1. The SMILES string of the molecule is Cc1cc(Br)cc(C)c1NC(=O)c1cc(Br)nn1-c1ncccc1Cl. The molecular weight excluding hydrogens is 471 g/mol. The molecule has 1 aromatic carbocycles. The molecule has 0 aliphatic rings. The van der Waals surface area contributed by atoms with Crippen LogP contribution in [0, 0.1) is 13.8 Å². The second-order valence-corrected chi connectivity index (χ2v) is 7.58. The molecule has 1 amide bonds. The summed E-state index contributed by atoms with van der Waals surface area (Å²) >= 11 is 13.0. The van der Waals surface area contributed by atoms with E-state index in [0.29, 0.717) is 21.1 Å². The third-order valence-electron chi connectivity index (χ3n) is 3.59. The highest BCUT2D eigenvalue weighted by molar-refractivity contribution is 9.10. The Balaban J connectivity index is 2.01. The molecule has 25 heavy (non-hydrogen) atoms. The first kappa shape index (κ1) is 18.1. The summed E-state index contributed by atoms with van der Waals surface area (Å²) in [4.78, 5) is 17.1. The van der Waals surface area contributed by atoms with Crippen LogP contribution in [0.1, 0.15) is 21.6 Å². The molecular formula is C17H13Br2ClN4O. The lowest BCUT2D eigenvalue weighted by atomic mass is 10.1. The fourth-order valence-corrected chi connectivity index (χ4v) is 3.76. The third kappa shape index (κ3) is 3.78. The molecule has 0 bridgehead atoms. The van der Waals surface area contributed by atoms with Crippen LogP contribution in [0.4, 0.5) is 5.69 Å². The summed E-state index contributed by atoms with van der Waals surface area (Å²) in [6, 6.07) is 8.95. The number of carbonyl (C=O) groups excluding carboxylic acids is 1. The highest BCUT2D eigenvalue weighted by Crippen LogP contribution is 2.27. The molecule has 0 aliphatic heterocycles. The predicted octanol–water partition coefficient (Wildman–Crippen LogP) is 5.31. The monoisotopic (exact) mass is 482 g/mol. The Morgan fingerprint density at radius 2 is 1.88 bits per heavy atom. The van der Waals surface area contributed by atoms with Gasteiger partial charge in [0.2, 0.25) is 0 Å². The van der Waals surface area contributed by atoms with Crippen LogP contribution in [-0.4, -0.2) is 20.7 Å². The molecule has 2 heterocycles. The number of nitrogens with zero attached hydrogens (tertiary/aromatic N) is 3. The summed E-state index contributed by atoms with van der Waals surface area (Å²) in [6.45, 7) is 3.88. The molecule has 3 aromatic rings. The van der Waals surface area contributed by atoms with Crippen LogP contribution in [0.5, 0.6) is 0 Å². The van der Waals surface area contributed by atoms with Gasteiger partial charge in [-0.2, -0.15) is 5.10 Å². The number of hydrogen-bond donors (Lipinski definition) is 1. The fraction of sp³-hybridized carbons (Fsp3) is 0.118. The number of halogens is 3. The number of hydrogen-bond acceptors (Lipinski definition) is 3. The third-order valence-corrected chi connectivity index (χ3v) is 4.73. The van der Waals surface area contributed by atoms with Gasteiger partial charge in [0.15, 0.2) is 5.82 Å². The molecule has 0 atom stereocenters. The Bertz CT molecular complexity index is 948. The van der Waals surface area contributed by atoms with Gasteiger partial charge in [0, 0.05) is 22.4 Å². The topological polar surface area (TPSA) is 59.8 Å². The van der Waals surface area contributed by atoms with E-state index in [-0.39, 0.29) is 5.91 Å². The normalized spacial score (nSPS) is 10.8. The molecule has 128 valence electrons. The van der Waals surface area contributed by atoms with Crippen LogP contribution < -0.4 is 5.32 Å². The van der Waals surface area contributed by atoms with Gasteiger partial charge < -0.3 is 5.32 Å². The minimum absolute atomic E-state index is 0.298. The second-order valence-electron chi connectivity index (χ2n) is 5.44. The van der Waals surface area contributed by atoms with Crippen LogP contribution in [0.3, 0.4) is 0 Å². The van der Waals surface area contributed by atoms with E-state index in [1.165, 1.54) is 4.68 Å². The molecule has 0 saturated carbocycles. The van der Waals surface area contributed by atoms with E-state index in [1.54, 1.807) is 24.4 Å². The maximum atomic E-state index is 12.8. The van der Waals surface area contributed by atoms with Crippen LogP contribution in [0.25, 0.3) is 5.82 Å². The van der Waals surface area contributed by atoms with Gasteiger partial charge in [-0.3, -0.25) is 4.79 Å². The summed E-state index contributed by atoms with van der Waals surface area (Å²) in [7, 11) is 0. The molecule has 0 spiro atoms. The van der Waals surface area contributed by atoms with E-state index in [0.717, 1.165) is 21.3 Å². The van der Waals surface area contributed by atoms with Crippen molar-refractivity contribution in [3.8, 4) is 5.82 Å². The van der Waals surface area contributed by atoms with Crippen molar-refractivity contribution < 1.29 is 4.79 Å². The highest BCUT2D eigenvalue weighted by Gasteiger charge is 2.19. The summed E-state index contributed by atoms with van der Waals surface area (Å²) in [5, 5.41) is 7.64. The lowest BCUT2D eigenvalue weighted by Gasteiger charge is -2.13. The largest absolute Gasteiger partial charge is 0.320 e. The van der Waals surface area contributed by atoms with Gasteiger partial charge in [-0.1, -0.05) is 27.5 Å². The molecule has 0 fully saturated rings. The maximum Gasteiger partial charge on any atom is 0.274 e. The van der Waals surface area contributed by atoms with Crippen molar-refractivity contribution in [2.75, 3.05) is 5.32 Å². The zero-order chi connectivity index (χ0) is 18.1. The fourth-order valence-electron chi connectivity index (χ4n) is 2.49. The van der Waals surface area contributed by atoms with Crippen molar-refractivity contribution in [2.24, 2.45) is 0 Å². The minimum atomic E-state index is -0.298. The number of aromatic nitrogens is 3. The average molecular weight is 485 g/mol. The molecule has 1 N–H and O–H groups in total. The van der Waals surface area contributed by atoms with E-state index in [4.69, 9.17) is 11.6 Å². The van der Waals surface area contributed by atoms with Gasteiger partial charge >= 0.3 is 0 Å². The van der Waals surface area contributed by atoms with Crippen LogP contribution in [0.15, 0.2) is 45.6 Å². The van der Waals surface area contributed by atoms with E-state index >= 15 is 0 Å². The molecule has 0 saturated heterocycles. The van der Waals surface area contributed by atoms with E-state index in [1.807, 2.05) is 26.0 Å². The van der Waals surface area contributed by atoms with Gasteiger partial charge in [-0.25, -0.2) is 9.67 Å². The Morgan fingerprint density at radius 3 is 2.52 bits per heavy atom. The average Bonchev–Trinajstić information content (AvgIpc) is 2.93. The van der Waals surface area contributed by atoms with Crippen LogP contribution in [0.2, 0.25) is 5.02 Å². The number of rotatable bonds is 3. The van der Waals surface area contributed by atoms with Crippen molar-refractivity contribution in [1.82, 2.24) is 14.8 Å². The second kappa shape index (κ2) is 7.27. The number of aryl methyl sites for hydroxylation is 2. The van der Waals surface area contributed by atoms with Crippen LogP contribution in [-0.2, 0) is 0 Å². The summed E-state index contributed by atoms with van der Waals surface area (Å²) in [5.74, 6) is 0.0951. The lowest BCUT2D eigenvalue weighted by Crippen LogP contribution is -2.18. The van der Waals surface area contributed by atoms with Crippen molar-refractivity contribution in [3.05, 3.63) is 67.4 Å². The van der Waals surface area contributed by atoms with Gasteiger partial charge in [-0.05, 0) is 65.2 Å². The molecule has 3 rings (SSSR count). The Kier molecular flexibility index (Phi) is 5.27. The zero-order valence-electron chi connectivity index (χ0n) is 13.3. The molecule has 0 aliphatic carbocycles. The van der Waals surface area contributed by atoms with Crippen molar-refractivity contribution in [2.45, 2.75) is 13.8 Å². The lowest BCUT2D eigenvalue weighted by molar-refractivity contribution is 0.101. The van der Waals surface area contributed by atoms with E-state index in [9.17, 15) is 4.79 Å². The smallest absolute Gasteiger partial charge is 0.274 e. The standard InChI is InChI=1S/C17H13Br2ClN4O/c1-9-6-11(18)7-10(2)15(9)22-17(25)13-8-14(19)23-24(13)16-12(20)4-3-5-21-16/h3-8H,1-2H3,(H,22,25). The molecule has 0 radical (unpaired) electrons. The van der Waals surface area contributed by atoms with Gasteiger partial charge in [0.1, 0.15) is 10.3 Å². The first-order valence-electron chi connectivity index (χ1n) is 7.31. The van der Waals surface area contributed by atoms with Gasteiger partial charge in [-0.15, -0.1) is 0 Å². The summed E-state index contributed by atoms with van der Waals surface area (Å²) in [6.07, 6.45) is 1.60. The van der Waals surface area contributed by atoms with Crippen LogP contribution >= 0.6 is 43.5 Å². The summed E-state index contributed by atoms with van der Waals surface area (Å²) < 4.78 is 2.91.